The summed E-state index contributed by atoms with van der Waals surface area (Å²) in [6.45, 7) is 2.57. The molecule has 0 fully saturated rings. The van der Waals surface area contributed by atoms with Crippen molar-refractivity contribution in [2.75, 3.05) is 0 Å². The molecular formula is C25H21NO. The zero-order chi connectivity index (χ0) is 18.5. The minimum absolute atomic E-state index is 0.554. The van der Waals surface area contributed by atoms with Gasteiger partial charge in [-0.05, 0) is 34.9 Å². The third kappa shape index (κ3) is 4.06. The quantitative estimate of drug-likeness (QED) is 0.421. The number of pyridine rings is 1. The molecule has 2 heteroatoms. The lowest BCUT2D eigenvalue weighted by molar-refractivity contribution is 0.303. The van der Waals surface area contributed by atoms with E-state index in [1.807, 2.05) is 43.5 Å². The van der Waals surface area contributed by atoms with E-state index >= 15 is 0 Å². The van der Waals surface area contributed by atoms with Crippen LogP contribution in [0.1, 0.15) is 22.4 Å². The summed E-state index contributed by atoms with van der Waals surface area (Å²) < 4.78 is 6.01. The van der Waals surface area contributed by atoms with E-state index in [1.165, 1.54) is 16.3 Å². The van der Waals surface area contributed by atoms with Crippen LogP contribution >= 0.6 is 0 Å². The van der Waals surface area contributed by atoms with Gasteiger partial charge in [0.2, 0.25) is 0 Å². The van der Waals surface area contributed by atoms with Crippen LogP contribution in [0.15, 0.2) is 85.1 Å². The van der Waals surface area contributed by atoms with Gasteiger partial charge in [0, 0.05) is 17.8 Å². The summed E-state index contributed by atoms with van der Waals surface area (Å²) >= 11 is 0. The van der Waals surface area contributed by atoms with Crippen LogP contribution < -0.4 is 4.74 Å². The van der Waals surface area contributed by atoms with E-state index in [0.29, 0.717) is 6.61 Å². The Balaban J connectivity index is 1.56. The predicted octanol–water partition coefficient (Wildman–Crippen LogP) is 6.29. The number of rotatable bonds is 5. The Kier molecular flexibility index (Phi) is 4.97. The van der Waals surface area contributed by atoms with Crippen molar-refractivity contribution in [3.8, 4) is 5.75 Å². The van der Waals surface area contributed by atoms with Gasteiger partial charge in [-0.1, -0.05) is 78.9 Å². The number of hydrogen-bond acceptors (Lipinski definition) is 2. The van der Waals surface area contributed by atoms with Crippen LogP contribution in [0.3, 0.4) is 0 Å². The van der Waals surface area contributed by atoms with Crippen molar-refractivity contribution in [3.05, 3.63) is 107 Å². The maximum atomic E-state index is 6.01. The van der Waals surface area contributed by atoms with Crippen LogP contribution in [0.25, 0.3) is 22.9 Å². The van der Waals surface area contributed by atoms with Gasteiger partial charge in [0.25, 0.3) is 0 Å². The van der Waals surface area contributed by atoms with Gasteiger partial charge in [-0.15, -0.1) is 0 Å². The molecule has 4 aromatic rings. The standard InChI is InChI=1S/C25H21NO/c1-19-17-26-23(16-25(19)27-18-20-8-3-2-4-9-20)15-14-22-12-7-11-21-10-5-6-13-24(21)22/h2-17H,18H2,1H3/b15-14+. The van der Waals surface area contributed by atoms with Crippen molar-refractivity contribution >= 4 is 22.9 Å². The zero-order valence-electron chi connectivity index (χ0n) is 15.3. The number of hydrogen-bond donors (Lipinski definition) is 0. The minimum Gasteiger partial charge on any atom is -0.488 e. The van der Waals surface area contributed by atoms with Gasteiger partial charge in [-0.25, -0.2) is 0 Å². The van der Waals surface area contributed by atoms with Gasteiger partial charge in [0.05, 0.1) is 5.69 Å². The molecule has 0 aliphatic carbocycles. The van der Waals surface area contributed by atoms with Crippen LogP contribution in [-0.2, 0) is 6.61 Å². The second-order valence-electron chi connectivity index (χ2n) is 6.55. The smallest absolute Gasteiger partial charge is 0.126 e. The Bertz CT molecular complexity index is 1080. The molecule has 0 atom stereocenters. The lowest BCUT2D eigenvalue weighted by Crippen LogP contribution is -1.98. The molecule has 1 aromatic heterocycles. The first-order valence-corrected chi connectivity index (χ1v) is 9.09. The first-order valence-electron chi connectivity index (χ1n) is 9.09. The molecule has 3 aromatic carbocycles. The predicted molar refractivity (Wildman–Crippen MR) is 113 cm³/mol. The van der Waals surface area contributed by atoms with Gasteiger partial charge >= 0.3 is 0 Å². The van der Waals surface area contributed by atoms with Crippen LogP contribution in [0.4, 0.5) is 0 Å². The highest BCUT2D eigenvalue weighted by molar-refractivity contribution is 5.92. The summed E-state index contributed by atoms with van der Waals surface area (Å²) in [5.41, 5.74) is 4.26. The monoisotopic (exact) mass is 351 g/mol. The van der Waals surface area contributed by atoms with Crippen molar-refractivity contribution in [1.82, 2.24) is 4.98 Å². The third-order valence-corrected chi connectivity index (χ3v) is 4.57. The number of ether oxygens (including phenoxy) is 1. The fraction of sp³-hybridized carbons (Fsp3) is 0.0800. The Morgan fingerprint density at radius 3 is 2.52 bits per heavy atom. The van der Waals surface area contributed by atoms with E-state index in [-0.39, 0.29) is 0 Å². The van der Waals surface area contributed by atoms with Crippen LogP contribution in [0.2, 0.25) is 0 Å². The lowest BCUT2D eigenvalue weighted by atomic mass is 10.0. The van der Waals surface area contributed by atoms with Crippen LogP contribution in [0, 0.1) is 6.92 Å². The molecule has 0 aliphatic rings. The van der Waals surface area contributed by atoms with Crippen LogP contribution in [-0.4, -0.2) is 4.98 Å². The summed E-state index contributed by atoms with van der Waals surface area (Å²) in [5.74, 6) is 0.867. The zero-order valence-corrected chi connectivity index (χ0v) is 15.3. The van der Waals surface area contributed by atoms with Crippen molar-refractivity contribution in [1.29, 1.82) is 0 Å². The number of nitrogens with zero attached hydrogens (tertiary/aromatic N) is 1. The van der Waals surface area contributed by atoms with Crippen molar-refractivity contribution in [2.45, 2.75) is 13.5 Å². The first-order chi connectivity index (χ1) is 13.3. The Morgan fingerprint density at radius 1 is 0.852 bits per heavy atom. The molecule has 1 heterocycles. The van der Waals surface area contributed by atoms with E-state index in [1.54, 1.807) is 0 Å². The van der Waals surface area contributed by atoms with E-state index in [4.69, 9.17) is 4.74 Å². The maximum absolute atomic E-state index is 6.01. The van der Waals surface area contributed by atoms with Gasteiger partial charge in [0.15, 0.2) is 0 Å². The molecule has 0 N–H and O–H groups in total. The molecule has 4 rings (SSSR count). The second-order valence-corrected chi connectivity index (χ2v) is 6.55. The van der Waals surface area contributed by atoms with Crippen molar-refractivity contribution in [2.24, 2.45) is 0 Å². The molecule has 0 unspecified atom stereocenters. The van der Waals surface area contributed by atoms with Gasteiger partial charge in [0.1, 0.15) is 12.4 Å². The first kappa shape index (κ1) is 17.0. The summed E-state index contributed by atoms with van der Waals surface area (Å²) in [6, 6.07) is 26.9. The molecule has 0 amide bonds. The largest absolute Gasteiger partial charge is 0.488 e. The molecule has 0 aliphatic heterocycles. The number of benzene rings is 3. The fourth-order valence-electron chi connectivity index (χ4n) is 3.07. The minimum atomic E-state index is 0.554. The lowest BCUT2D eigenvalue weighted by Gasteiger charge is -2.09. The fourth-order valence-corrected chi connectivity index (χ4v) is 3.07. The van der Waals surface area contributed by atoms with Crippen molar-refractivity contribution < 1.29 is 4.74 Å². The molecule has 27 heavy (non-hydrogen) atoms. The topological polar surface area (TPSA) is 22.1 Å². The SMILES string of the molecule is Cc1cnc(/C=C/c2cccc3ccccc23)cc1OCc1ccccc1. The Hall–Kier alpha value is -3.39. The average molecular weight is 351 g/mol. The van der Waals surface area contributed by atoms with Crippen LogP contribution in [0.5, 0.6) is 5.75 Å². The molecule has 2 nitrogen and oxygen atoms in total. The molecule has 0 saturated carbocycles. The molecule has 0 spiro atoms. The van der Waals surface area contributed by atoms with E-state index in [2.05, 4.69) is 65.7 Å². The van der Waals surface area contributed by atoms with E-state index in [0.717, 1.165) is 22.6 Å². The number of aromatic nitrogens is 1. The van der Waals surface area contributed by atoms with E-state index < -0.39 is 0 Å². The molecular weight excluding hydrogens is 330 g/mol. The van der Waals surface area contributed by atoms with Crippen molar-refractivity contribution in [3.63, 3.8) is 0 Å². The second kappa shape index (κ2) is 7.88. The average Bonchev–Trinajstić information content (AvgIpc) is 2.73. The third-order valence-electron chi connectivity index (χ3n) is 4.57. The molecule has 0 radical (unpaired) electrons. The Labute approximate surface area is 159 Å². The summed E-state index contributed by atoms with van der Waals surface area (Å²) in [5, 5.41) is 2.48. The van der Waals surface area contributed by atoms with Gasteiger partial charge in [-0.3, -0.25) is 4.98 Å². The molecule has 0 bridgehead atoms. The summed E-state index contributed by atoms with van der Waals surface area (Å²) in [6.07, 6.45) is 6.01. The number of fused-ring (bicyclic) bond motifs is 1. The normalized spacial score (nSPS) is 11.1. The molecule has 132 valence electrons. The molecule has 0 saturated heterocycles. The number of aryl methyl sites for hydroxylation is 1. The van der Waals surface area contributed by atoms with Gasteiger partial charge in [-0.2, -0.15) is 0 Å². The maximum Gasteiger partial charge on any atom is 0.126 e. The van der Waals surface area contributed by atoms with E-state index in [9.17, 15) is 0 Å². The summed E-state index contributed by atoms with van der Waals surface area (Å²) in [7, 11) is 0. The highest BCUT2D eigenvalue weighted by Crippen LogP contribution is 2.23. The van der Waals surface area contributed by atoms with Gasteiger partial charge < -0.3 is 4.74 Å². The highest BCUT2D eigenvalue weighted by atomic mass is 16.5. The highest BCUT2D eigenvalue weighted by Gasteiger charge is 2.03. The summed E-state index contributed by atoms with van der Waals surface area (Å²) in [4.78, 5) is 4.52. The Morgan fingerprint density at radius 2 is 1.63 bits per heavy atom.